The Morgan fingerprint density at radius 3 is 2.33 bits per heavy atom. The molecule has 3 aromatic rings. The highest BCUT2D eigenvalue weighted by molar-refractivity contribution is 6.29. The summed E-state index contributed by atoms with van der Waals surface area (Å²) in [5, 5.41) is 0.316. The van der Waals surface area contributed by atoms with Crippen LogP contribution in [0.4, 0.5) is 13.2 Å². The van der Waals surface area contributed by atoms with Gasteiger partial charge in [-0.2, -0.15) is 13.2 Å². The molecule has 1 heterocycles. The van der Waals surface area contributed by atoms with Gasteiger partial charge in [-0.05, 0) is 41.4 Å². The molecule has 0 atom stereocenters. The van der Waals surface area contributed by atoms with Crippen molar-refractivity contribution in [3.8, 4) is 0 Å². The van der Waals surface area contributed by atoms with E-state index in [2.05, 4.69) is 4.98 Å². The average Bonchev–Trinajstić information content (AvgIpc) is 2.75. The van der Waals surface area contributed by atoms with E-state index in [0.717, 1.165) is 28.7 Å². The Kier molecular flexibility index (Phi) is 3.37. The summed E-state index contributed by atoms with van der Waals surface area (Å²) in [6, 6.07) is 12.5. The number of nitrogens with zero attached hydrogens (tertiary/aromatic N) is 2. The van der Waals surface area contributed by atoms with Gasteiger partial charge in [0.05, 0.1) is 23.1 Å². The molecule has 0 saturated carbocycles. The standard InChI is InChI=1S/C15H10ClF3N2/c16-14-20-12-3-1-2-4-13(12)21(14)9-10-5-7-11(8-6-10)15(17,18)19/h1-8H,9H2. The van der Waals surface area contributed by atoms with Crippen molar-refractivity contribution in [3.63, 3.8) is 0 Å². The third kappa shape index (κ3) is 2.74. The maximum absolute atomic E-state index is 12.5. The molecule has 6 heteroatoms. The number of rotatable bonds is 2. The summed E-state index contributed by atoms with van der Waals surface area (Å²) >= 11 is 6.09. The fraction of sp³-hybridized carbons (Fsp3) is 0.133. The fourth-order valence-corrected chi connectivity index (χ4v) is 2.42. The second kappa shape index (κ2) is 5.07. The first-order chi connectivity index (χ1) is 9.95. The minimum Gasteiger partial charge on any atom is -0.310 e. The highest BCUT2D eigenvalue weighted by Gasteiger charge is 2.29. The van der Waals surface area contributed by atoms with Crippen LogP contribution in [0.5, 0.6) is 0 Å². The van der Waals surface area contributed by atoms with E-state index in [9.17, 15) is 13.2 Å². The van der Waals surface area contributed by atoms with Gasteiger partial charge in [0.25, 0.3) is 0 Å². The van der Waals surface area contributed by atoms with Crippen molar-refractivity contribution in [3.05, 3.63) is 64.9 Å². The Balaban J connectivity index is 1.94. The Labute approximate surface area is 123 Å². The summed E-state index contributed by atoms with van der Waals surface area (Å²) < 4.78 is 39.4. The van der Waals surface area contributed by atoms with Gasteiger partial charge in [0.1, 0.15) is 0 Å². The van der Waals surface area contributed by atoms with Crippen LogP contribution in [-0.4, -0.2) is 9.55 Å². The Morgan fingerprint density at radius 2 is 1.67 bits per heavy atom. The first-order valence-corrected chi connectivity index (χ1v) is 6.60. The summed E-state index contributed by atoms with van der Waals surface area (Å²) in [6.07, 6.45) is -4.32. The topological polar surface area (TPSA) is 17.8 Å². The van der Waals surface area contributed by atoms with Gasteiger partial charge in [-0.1, -0.05) is 24.3 Å². The molecule has 3 rings (SSSR count). The lowest BCUT2D eigenvalue weighted by Gasteiger charge is -2.09. The quantitative estimate of drug-likeness (QED) is 0.667. The van der Waals surface area contributed by atoms with Gasteiger partial charge in [0.2, 0.25) is 5.28 Å². The predicted molar refractivity (Wildman–Crippen MR) is 75.3 cm³/mol. The number of alkyl halides is 3. The molecular formula is C15H10ClF3N2. The molecule has 0 bridgehead atoms. The summed E-state index contributed by atoms with van der Waals surface area (Å²) in [6.45, 7) is 0.373. The number of fused-ring (bicyclic) bond motifs is 1. The van der Waals surface area contributed by atoms with Crippen molar-refractivity contribution in [1.82, 2.24) is 9.55 Å². The molecule has 0 spiro atoms. The van der Waals surface area contributed by atoms with E-state index < -0.39 is 11.7 Å². The van der Waals surface area contributed by atoms with E-state index in [0.29, 0.717) is 11.8 Å². The van der Waals surface area contributed by atoms with Crippen molar-refractivity contribution in [2.24, 2.45) is 0 Å². The Bertz CT molecular complexity index is 776. The third-order valence-electron chi connectivity index (χ3n) is 3.23. The van der Waals surface area contributed by atoms with Crippen molar-refractivity contribution in [2.45, 2.75) is 12.7 Å². The van der Waals surface area contributed by atoms with Crippen LogP contribution in [0.1, 0.15) is 11.1 Å². The average molecular weight is 311 g/mol. The zero-order chi connectivity index (χ0) is 15.0. The van der Waals surface area contributed by atoms with Gasteiger partial charge in [-0.15, -0.1) is 0 Å². The number of hydrogen-bond donors (Lipinski definition) is 0. The number of halogens is 4. The maximum Gasteiger partial charge on any atom is 0.416 e. The molecule has 1 aromatic heterocycles. The van der Waals surface area contributed by atoms with Crippen molar-refractivity contribution in [1.29, 1.82) is 0 Å². The van der Waals surface area contributed by atoms with E-state index in [4.69, 9.17) is 11.6 Å². The molecule has 0 radical (unpaired) electrons. The third-order valence-corrected chi connectivity index (χ3v) is 3.52. The van der Waals surface area contributed by atoms with Gasteiger partial charge in [-0.3, -0.25) is 0 Å². The summed E-state index contributed by atoms with van der Waals surface area (Å²) in [5.74, 6) is 0. The molecule has 0 N–H and O–H groups in total. The molecule has 2 nitrogen and oxygen atoms in total. The van der Waals surface area contributed by atoms with Crippen LogP contribution in [-0.2, 0) is 12.7 Å². The fourth-order valence-electron chi connectivity index (χ4n) is 2.18. The minimum absolute atomic E-state index is 0.316. The summed E-state index contributed by atoms with van der Waals surface area (Å²) in [7, 11) is 0. The number of imidazole rings is 1. The van der Waals surface area contributed by atoms with Gasteiger partial charge in [0, 0.05) is 0 Å². The van der Waals surface area contributed by atoms with Crippen LogP contribution < -0.4 is 0 Å². The van der Waals surface area contributed by atoms with Crippen molar-refractivity contribution >= 4 is 22.6 Å². The van der Waals surface area contributed by atoms with Gasteiger partial charge in [-0.25, -0.2) is 4.98 Å². The second-order valence-corrected chi connectivity index (χ2v) is 4.99. The lowest BCUT2D eigenvalue weighted by molar-refractivity contribution is -0.137. The van der Waals surface area contributed by atoms with Crippen molar-refractivity contribution in [2.75, 3.05) is 0 Å². The molecule has 0 aliphatic carbocycles. The van der Waals surface area contributed by atoms with Gasteiger partial charge >= 0.3 is 6.18 Å². The van der Waals surface area contributed by atoms with Crippen LogP contribution in [0.3, 0.4) is 0 Å². The monoisotopic (exact) mass is 310 g/mol. The molecule has 0 saturated heterocycles. The van der Waals surface area contributed by atoms with Crippen LogP contribution >= 0.6 is 11.6 Å². The SMILES string of the molecule is FC(F)(F)c1ccc(Cn2c(Cl)nc3ccccc32)cc1. The van der Waals surface area contributed by atoms with E-state index in [1.807, 2.05) is 24.3 Å². The van der Waals surface area contributed by atoms with Gasteiger partial charge in [0.15, 0.2) is 0 Å². The predicted octanol–water partition coefficient (Wildman–Crippen LogP) is 4.76. The highest BCUT2D eigenvalue weighted by Crippen LogP contribution is 2.29. The van der Waals surface area contributed by atoms with Crippen LogP contribution in [0.2, 0.25) is 5.28 Å². The van der Waals surface area contributed by atoms with Gasteiger partial charge < -0.3 is 4.57 Å². The minimum atomic E-state index is -4.32. The maximum atomic E-state index is 12.5. The molecule has 0 fully saturated rings. The number of aromatic nitrogens is 2. The molecule has 0 unspecified atom stereocenters. The number of benzene rings is 2. The van der Waals surface area contributed by atoms with Crippen molar-refractivity contribution < 1.29 is 13.2 Å². The lowest BCUT2D eigenvalue weighted by atomic mass is 10.1. The zero-order valence-electron chi connectivity index (χ0n) is 10.7. The highest BCUT2D eigenvalue weighted by atomic mass is 35.5. The van der Waals surface area contributed by atoms with E-state index >= 15 is 0 Å². The summed E-state index contributed by atoms with van der Waals surface area (Å²) in [5.41, 5.74) is 1.68. The number of para-hydroxylation sites is 2. The van der Waals surface area contributed by atoms with E-state index in [1.54, 1.807) is 4.57 Å². The number of hydrogen-bond acceptors (Lipinski definition) is 1. The second-order valence-electron chi connectivity index (χ2n) is 4.65. The Hall–Kier alpha value is -2.01. The molecule has 108 valence electrons. The zero-order valence-corrected chi connectivity index (χ0v) is 11.5. The molecule has 0 aliphatic rings. The van der Waals surface area contributed by atoms with Crippen LogP contribution in [0, 0.1) is 0 Å². The lowest BCUT2D eigenvalue weighted by Crippen LogP contribution is -2.05. The summed E-state index contributed by atoms with van der Waals surface area (Å²) in [4.78, 5) is 4.21. The van der Waals surface area contributed by atoms with Crippen LogP contribution in [0.15, 0.2) is 48.5 Å². The Morgan fingerprint density at radius 1 is 1.00 bits per heavy atom. The first-order valence-electron chi connectivity index (χ1n) is 6.22. The largest absolute Gasteiger partial charge is 0.416 e. The molecule has 21 heavy (non-hydrogen) atoms. The first kappa shape index (κ1) is 13.9. The smallest absolute Gasteiger partial charge is 0.310 e. The van der Waals surface area contributed by atoms with Crippen LogP contribution in [0.25, 0.3) is 11.0 Å². The molecule has 0 amide bonds. The molecule has 0 aliphatic heterocycles. The van der Waals surface area contributed by atoms with E-state index in [-0.39, 0.29) is 0 Å². The molecular weight excluding hydrogens is 301 g/mol. The normalized spacial score (nSPS) is 12.0. The van der Waals surface area contributed by atoms with E-state index in [1.165, 1.54) is 12.1 Å². The molecule has 2 aromatic carbocycles.